The van der Waals surface area contributed by atoms with Gasteiger partial charge in [0.25, 0.3) is 0 Å². The van der Waals surface area contributed by atoms with Gasteiger partial charge >= 0.3 is 6.03 Å². The van der Waals surface area contributed by atoms with Crippen molar-refractivity contribution < 1.29 is 9.18 Å². The molecule has 1 aliphatic heterocycles. The second-order valence-electron chi connectivity index (χ2n) is 8.72. The van der Waals surface area contributed by atoms with Crippen LogP contribution in [0.3, 0.4) is 0 Å². The molecule has 7 heteroatoms. The summed E-state index contributed by atoms with van der Waals surface area (Å²) in [6.45, 7) is 9.84. The molecule has 0 aliphatic carbocycles. The van der Waals surface area contributed by atoms with Gasteiger partial charge < -0.3 is 20.4 Å². The third-order valence-electron chi connectivity index (χ3n) is 5.23. The molecule has 2 N–H and O–H groups in total. The number of thiophene rings is 1. The number of carbonyl (C=O) groups excluding carboxylic acids is 1. The van der Waals surface area contributed by atoms with E-state index in [9.17, 15) is 9.18 Å². The lowest BCUT2D eigenvalue weighted by Crippen LogP contribution is -2.38. The van der Waals surface area contributed by atoms with Crippen LogP contribution < -0.4 is 15.5 Å². The van der Waals surface area contributed by atoms with Gasteiger partial charge in [0, 0.05) is 30.2 Å². The molecule has 1 saturated heterocycles. The predicted octanol–water partition coefficient (Wildman–Crippen LogP) is 4.94. The van der Waals surface area contributed by atoms with Gasteiger partial charge in [-0.05, 0) is 55.1 Å². The first-order valence-electron chi connectivity index (χ1n) is 10.1. The number of carbonyl (C=O) groups is 1. The molecule has 0 unspecified atom stereocenters. The first-order chi connectivity index (χ1) is 13.7. The van der Waals surface area contributed by atoms with Crippen LogP contribution >= 0.6 is 11.3 Å². The number of nitrogens with zero attached hydrogens (tertiary/aromatic N) is 2. The maximum absolute atomic E-state index is 14.8. The summed E-state index contributed by atoms with van der Waals surface area (Å²) in [6, 6.07) is 8.48. The smallest absolute Gasteiger partial charge is 0.319 e. The fourth-order valence-electron chi connectivity index (χ4n) is 3.60. The van der Waals surface area contributed by atoms with Crippen LogP contribution in [-0.4, -0.2) is 44.2 Å². The quantitative estimate of drug-likeness (QED) is 0.739. The number of rotatable bonds is 4. The van der Waals surface area contributed by atoms with Crippen molar-refractivity contribution in [2.45, 2.75) is 33.2 Å². The lowest BCUT2D eigenvalue weighted by Gasteiger charge is -2.30. The van der Waals surface area contributed by atoms with Gasteiger partial charge in [0.1, 0.15) is 5.82 Å². The van der Waals surface area contributed by atoms with Gasteiger partial charge in [-0.3, -0.25) is 0 Å². The molecule has 29 heavy (non-hydrogen) atoms. The van der Waals surface area contributed by atoms with Crippen molar-refractivity contribution in [3.05, 3.63) is 46.4 Å². The van der Waals surface area contributed by atoms with Crippen LogP contribution in [0.1, 0.15) is 38.1 Å². The van der Waals surface area contributed by atoms with E-state index in [2.05, 4.69) is 48.3 Å². The zero-order valence-corrected chi connectivity index (χ0v) is 18.5. The monoisotopic (exact) mass is 418 g/mol. The van der Waals surface area contributed by atoms with Crippen molar-refractivity contribution in [1.82, 2.24) is 10.2 Å². The van der Waals surface area contributed by atoms with E-state index in [-0.39, 0.29) is 23.3 Å². The molecule has 1 fully saturated rings. The first-order valence-corrected chi connectivity index (χ1v) is 11.0. The highest BCUT2D eigenvalue weighted by atomic mass is 32.1. The van der Waals surface area contributed by atoms with Crippen LogP contribution in [0.25, 0.3) is 0 Å². The lowest BCUT2D eigenvalue weighted by atomic mass is 9.86. The van der Waals surface area contributed by atoms with Gasteiger partial charge in [0.15, 0.2) is 0 Å². The van der Waals surface area contributed by atoms with Gasteiger partial charge in [-0.25, -0.2) is 9.18 Å². The van der Waals surface area contributed by atoms with Crippen molar-refractivity contribution in [1.29, 1.82) is 0 Å². The van der Waals surface area contributed by atoms with Crippen molar-refractivity contribution in [2.75, 3.05) is 43.4 Å². The van der Waals surface area contributed by atoms with E-state index >= 15 is 0 Å². The van der Waals surface area contributed by atoms with E-state index in [1.54, 1.807) is 23.5 Å². The molecular formula is C22H31FN4OS. The van der Waals surface area contributed by atoms with Crippen LogP contribution in [0.15, 0.2) is 35.7 Å². The molecule has 0 bridgehead atoms. The summed E-state index contributed by atoms with van der Waals surface area (Å²) in [5.41, 5.74) is 0.906. The van der Waals surface area contributed by atoms with Crippen LogP contribution in [-0.2, 0) is 0 Å². The minimum atomic E-state index is -0.332. The third kappa shape index (κ3) is 5.70. The number of halogens is 1. The van der Waals surface area contributed by atoms with Gasteiger partial charge in [-0.1, -0.05) is 26.8 Å². The Balaban J connectivity index is 1.67. The molecule has 1 aromatic carbocycles. The summed E-state index contributed by atoms with van der Waals surface area (Å²) in [7, 11) is 2.09. The van der Waals surface area contributed by atoms with E-state index in [0.29, 0.717) is 11.4 Å². The summed E-state index contributed by atoms with van der Waals surface area (Å²) in [4.78, 5) is 18.0. The Kier molecular flexibility index (Phi) is 6.80. The fourth-order valence-corrected chi connectivity index (χ4v) is 4.62. The standard InChI is InChI=1S/C22H31FN4OS/c1-22(2,3)20(19-7-5-14-29-19)25-21(28)24-16-8-9-18(17(23)15-16)27-11-6-10-26(4)12-13-27/h5,7-9,14-15,20H,6,10-13H2,1-4H3,(H2,24,25,28)/t20-/m0/s1. The molecule has 5 nitrogen and oxygen atoms in total. The Morgan fingerprint density at radius 1 is 1.17 bits per heavy atom. The maximum atomic E-state index is 14.8. The number of hydrogen-bond acceptors (Lipinski definition) is 4. The van der Waals surface area contributed by atoms with E-state index < -0.39 is 0 Å². The van der Waals surface area contributed by atoms with E-state index in [1.165, 1.54) is 6.07 Å². The van der Waals surface area contributed by atoms with Crippen molar-refractivity contribution in [2.24, 2.45) is 5.41 Å². The first kappa shape index (κ1) is 21.6. The number of benzene rings is 1. The molecule has 2 heterocycles. The molecule has 2 amide bonds. The van der Waals surface area contributed by atoms with E-state index in [1.807, 2.05) is 17.5 Å². The Morgan fingerprint density at radius 3 is 2.62 bits per heavy atom. The average molecular weight is 419 g/mol. The number of hydrogen-bond donors (Lipinski definition) is 2. The van der Waals surface area contributed by atoms with Crippen molar-refractivity contribution in [3.63, 3.8) is 0 Å². The Morgan fingerprint density at radius 2 is 1.97 bits per heavy atom. The van der Waals surface area contributed by atoms with Crippen LogP contribution in [0, 0.1) is 11.2 Å². The van der Waals surface area contributed by atoms with Crippen LogP contribution in [0.2, 0.25) is 0 Å². The summed E-state index contributed by atoms with van der Waals surface area (Å²) >= 11 is 1.62. The average Bonchev–Trinajstić information content (AvgIpc) is 3.08. The number of amides is 2. The minimum absolute atomic E-state index is 0.124. The minimum Gasteiger partial charge on any atom is -0.368 e. The van der Waals surface area contributed by atoms with Gasteiger partial charge in [-0.15, -0.1) is 11.3 Å². The Bertz CT molecular complexity index is 819. The largest absolute Gasteiger partial charge is 0.368 e. The number of anilines is 2. The molecule has 0 spiro atoms. The molecule has 0 saturated carbocycles. The highest BCUT2D eigenvalue weighted by Gasteiger charge is 2.28. The molecule has 1 atom stereocenters. The molecule has 1 aliphatic rings. The van der Waals surface area contributed by atoms with Gasteiger partial charge in [0.05, 0.1) is 11.7 Å². The number of nitrogens with one attached hydrogen (secondary N) is 2. The second kappa shape index (κ2) is 9.13. The molecule has 0 radical (unpaired) electrons. The molecular weight excluding hydrogens is 387 g/mol. The topological polar surface area (TPSA) is 47.6 Å². The summed E-state index contributed by atoms with van der Waals surface area (Å²) in [5, 5.41) is 7.83. The Hall–Kier alpha value is -2.12. The predicted molar refractivity (Wildman–Crippen MR) is 119 cm³/mol. The maximum Gasteiger partial charge on any atom is 0.319 e. The van der Waals surface area contributed by atoms with Crippen molar-refractivity contribution >= 4 is 28.7 Å². The zero-order chi connectivity index (χ0) is 21.0. The summed E-state index contributed by atoms with van der Waals surface area (Å²) in [6.07, 6.45) is 1.01. The normalized spacial score (nSPS) is 16.9. The molecule has 1 aromatic heterocycles. The molecule has 158 valence electrons. The molecule has 2 aromatic rings. The van der Waals surface area contributed by atoms with E-state index in [0.717, 1.165) is 37.5 Å². The highest BCUT2D eigenvalue weighted by molar-refractivity contribution is 7.10. The zero-order valence-electron chi connectivity index (χ0n) is 17.7. The highest BCUT2D eigenvalue weighted by Crippen LogP contribution is 2.35. The lowest BCUT2D eigenvalue weighted by molar-refractivity contribution is 0.230. The Labute approximate surface area is 176 Å². The third-order valence-corrected chi connectivity index (χ3v) is 6.17. The SMILES string of the molecule is CN1CCCN(c2ccc(NC(=O)N[C@@H](c3cccs3)C(C)(C)C)cc2F)CC1. The summed E-state index contributed by atoms with van der Waals surface area (Å²) in [5.74, 6) is -0.307. The van der Waals surface area contributed by atoms with E-state index in [4.69, 9.17) is 0 Å². The number of likely N-dealkylation sites (N-methyl/N-ethyl adjacent to an activating group) is 1. The number of urea groups is 1. The van der Waals surface area contributed by atoms with Gasteiger partial charge in [0.2, 0.25) is 0 Å². The molecule has 3 rings (SSSR count). The van der Waals surface area contributed by atoms with Gasteiger partial charge in [-0.2, -0.15) is 0 Å². The fraction of sp³-hybridized carbons (Fsp3) is 0.500. The summed E-state index contributed by atoms with van der Waals surface area (Å²) < 4.78 is 14.8. The van der Waals surface area contributed by atoms with Crippen molar-refractivity contribution in [3.8, 4) is 0 Å². The second-order valence-corrected chi connectivity index (χ2v) is 9.70. The van der Waals surface area contributed by atoms with Crippen LogP contribution in [0.5, 0.6) is 0 Å². The van der Waals surface area contributed by atoms with Crippen LogP contribution in [0.4, 0.5) is 20.6 Å².